The van der Waals surface area contributed by atoms with E-state index in [1.807, 2.05) is 25.5 Å². The highest BCUT2D eigenvalue weighted by atomic mass is 79.9. The van der Waals surface area contributed by atoms with Crippen LogP contribution in [0.3, 0.4) is 0 Å². The quantitative estimate of drug-likeness (QED) is 0.810. The predicted octanol–water partition coefficient (Wildman–Crippen LogP) is 3.20. The monoisotopic (exact) mass is 294 g/mol. The van der Waals surface area contributed by atoms with Crippen LogP contribution >= 0.6 is 15.9 Å². The summed E-state index contributed by atoms with van der Waals surface area (Å²) in [6.07, 6.45) is 3.78. The summed E-state index contributed by atoms with van der Waals surface area (Å²) in [7, 11) is 1.90. The third-order valence-corrected chi connectivity index (χ3v) is 3.12. The van der Waals surface area contributed by atoms with Crippen LogP contribution < -0.4 is 4.74 Å². The van der Waals surface area contributed by atoms with E-state index >= 15 is 0 Å². The average Bonchev–Trinajstić information content (AvgIpc) is 2.73. The summed E-state index contributed by atoms with van der Waals surface area (Å²) in [6.45, 7) is 2.63. The van der Waals surface area contributed by atoms with Gasteiger partial charge in [-0.2, -0.15) is 5.10 Å². The van der Waals surface area contributed by atoms with E-state index in [1.165, 1.54) is 11.1 Å². The van der Waals surface area contributed by atoms with E-state index in [1.54, 1.807) is 4.68 Å². The second-order valence-electron chi connectivity index (χ2n) is 4.06. The molecule has 1 aromatic heterocycles. The topological polar surface area (TPSA) is 27.1 Å². The Morgan fingerprint density at radius 1 is 1.41 bits per heavy atom. The van der Waals surface area contributed by atoms with Crippen molar-refractivity contribution in [3.05, 3.63) is 47.3 Å². The van der Waals surface area contributed by atoms with Crippen LogP contribution in [-0.2, 0) is 19.0 Å². The van der Waals surface area contributed by atoms with Crippen molar-refractivity contribution in [3.8, 4) is 5.75 Å². The van der Waals surface area contributed by atoms with Gasteiger partial charge in [-0.05, 0) is 13.0 Å². The van der Waals surface area contributed by atoms with Gasteiger partial charge < -0.3 is 4.74 Å². The van der Waals surface area contributed by atoms with E-state index in [9.17, 15) is 0 Å². The number of halogens is 1. The van der Waals surface area contributed by atoms with E-state index < -0.39 is 0 Å². The maximum atomic E-state index is 5.80. The summed E-state index contributed by atoms with van der Waals surface area (Å²) >= 11 is 3.48. The average molecular weight is 295 g/mol. The first kappa shape index (κ1) is 12.2. The van der Waals surface area contributed by atoms with Crippen molar-refractivity contribution < 1.29 is 4.74 Å². The molecule has 2 rings (SSSR count). The van der Waals surface area contributed by atoms with Crippen molar-refractivity contribution >= 4 is 15.9 Å². The molecule has 0 atom stereocenters. The Morgan fingerprint density at radius 3 is 2.88 bits per heavy atom. The Balaban J connectivity index is 2.08. The summed E-state index contributed by atoms with van der Waals surface area (Å²) in [5, 5.41) is 4.92. The molecular weight excluding hydrogens is 280 g/mol. The van der Waals surface area contributed by atoms with Gasteiger partial charge in [-0.15, -0.1) is 0 Å². The van der Waals surface area contributed by atoms with Gasteiger partial charge in [0.05, 0.1) is 6.20 Å². The van der Waals surface area contributed by atoms with Crippen LogP contribution in [0.15, 0.2) is 30.6 Å². The standard InChI is InChI=1S/C13H15BrN2O/c1-10-3-4-13(12(5-10)6-14)17-9-11-7-15-16(2)8-11/h3-5,7-8H,6,9H2,1-2H3. The number of rotatable bonds is 4. The molecule has 0 N–H and O–H groups in total. The number of hydrogen-bond acceptors (Lipinski definition) is 2. The summed E-state index contributed by atoms with van der Waals surface area (Å²) in [4.78, 5) is 0. The highest BCUT2D eigenvalue weighted by Crippen LogP contribution is 2.23. The molecule has 90 valence electrons. The number of alkyl halides is 1. The number of hydrogen-bond donors (Lipinski definition) is 0. The molecule has 0 aliphatic heterocycles. The first-order valence-electron chi connectivity index (χ1n) is 5.45. The molecule has 0 saturated carbocycles. The van der Waals surface area contributed by atoms with Crippen molar-refractivity contribution in [3.63, 3.8) is 0 Å². The molecule has 3 nitrogen and oxygen atoms in total. The van der Waals surface area contributed by atoms with Crippen LogP contribution in [0.25, 0.3) is 0 Å². The van der Waals surface area contributed by atoms with Crippen LogP contribution in [-0.4, -0.2) is 9.78 Å². The molecule has 0 radical (unpaired) electrons. The van der Waals surface area contributed by atoms with Gasteiger partial charge in [0.25, 0.3) is 0 Å². The van der Waals surface area contributed by atoms with Gasteiger partial charge in [0.1, 0.15) is 12.4 Å². The van der Waals surface area contributed by atoms with Gasteiger partial charge in [-0.3, -0.25) is 4.68 Å². The van der Waals surface area contributed by atoms with Crippen molar-refractivity contribution in [2.45, 2.75) is 18.9 Å². The Hall–Kier alpha value is -1.29. The number of aromatic nitrogens is 2. The van der Waals surface area contributed by atoms with Crippen LogP contribution in [0.4, 0.5) is 0 Å². The summed E-state index contributed by atoms with van der Waals surface area (Å²) in [5.41, 5.74) is 3.50. The molecule has 0 amide bonds. The highest BCUT2D eigenvalue weighted by molar-refractivity contribution is 9.08. The SMILES string of the molecule is Cc1ccc(OCc2cnn(C)c2)c(CBr)c1. The van der Waals surface area contributed by atoms with Gasteiger partial charge >= 0.3 is 0 Å². The minimum absolute atomic E-state index is 0.552. The fraction of sp³-hybridized carbons (Fsp3) is 0.308. The summed E-state index contributed by atoms with van der Waals surface area (Å²) in [5.74, 6) is 0.927. The molecule has 1 heterocycles. The van der Waals surface area contributed by atoms with Crippen molar-refractivity contribution in [1.29, 1.82) is 0 Å². The van der Waals surface area contributed by atoms with E-state index in [4.69, 9.17) is 4.74 Å². The molecule has 0 aliphatic carbocycles. The number of aryl methyl sites for hydroxylation is 2. The molecule has 0 fully saturated rings. The normalized spacial score (nSPS) is 10.5. The fourth-order valence-corrected chi connectivity index (χ4v) is 2.10. The Kier molecular flexibility index (Phi) is 3.84. The minimum Gasteiger partial charge on any atom is -0.488 e. The van der Waals surface area contributed by atoms with E-state index in [0.29, 0.717) is 6.61 Å². The minimum atomic E-state index is 0.552. The van der Waals surface area contributed by atoms with Gasteiger partial charge in [-0.25, -0.2) is 0 Å². The maximum Gasteiger partial charge on any atom is 0.123 e. The molecular formula is C13H15BrN2O. The Labute approximate surface area is 110 Å². The molecule has 17 heavy (non-hydrogen) atoms. The van der Waals surface area contributed by atoms with E-state index in [-0.39, 0.29) is 0 Å². The molecule has 0 unspecified atom stereocenters. The van der Waals surface area contributed by atoms with Crippen LogP contribution in [0.2, 0.25) is 0 Å². The lowest BCUT2D eigenvalue weighted by molar-refractivity contribution is 0.304. The summed E-state index contributed by atoms with van der Waals surface area (Å²) < 4.78 is 7.58. The van der Waals surface area contributed by atoms with Gasteiger partial charge in [0, 0.05) is 29.7 Å². The van der Waals surface area contributed by atoms with E-state index in [0.717, 1.165) is 16.6 Å². The molecule has 1 aromatic carbocycles. The zero-order chi connectivity index (χ0) is 12.3. The smallest absolute Gasteiger partial charge is 0.123 e. The van der Waals surface area contributed by atoms with Crippen LogP contribution in [0.5, 0.6) is 5.75 Å². The van der Waals surface area contributed by atoms with Gasteiger partial charge in [0.2, 0.25) is 0 Å². The Morgan fingerprint density at radius 2 is 2.24 bits per heavy atom. The van der Waals surface area contributed by atoms with Crippen molar-refractivity contribution in [2.24, 2.45) is 7.05 Å². The molecule has 0 saturated heterocycles. The molecule has 0 aliphatic rings. The van der Waals surface area contributed by atoms with Crippen molar-refractivity contribution in [1.82, 2.24) is 9.78 Å². The predicted molar refractivity (Wildman–Crippen MR) is 71.4 cm³/mol. The number of nitrogens with zero attached hydrogens (tertiary/aromatic N) is 2. The second-order valence-corrected chi connectivity index (χ2v) is 4.62. The molecule has 2 aromatic rings. The molecule has 4 heteroatoms. The number of ether oxygens (including phenoxy) is 1. The zero-order valence-corrected chi connectivity index (χ0v) is 11.6. The van der Waals surface area contributed by atoms with Crippen LogP contribution in [0, 0.1) is 6.92 Å². The van der Waals surface area contributed by atoms with Gasteiger partial charge in [-0.1, -0.05) is 33.6 Å². The van der Waals surface area contributed by atoms with E-state index in [2.05, 4.69) is 40.1 Å². The third kappa shape index (κ3) is 3.09. The first-order valence-corrected chi connectivity index (χ1v) is 6.57. The highest BCUT2D eigenvalue weighted by Gasteiger charge is 2.04. The lowest BCUT2D eigenvalue weighted by Gasteiger charge is -2.09. The largest absolute Gasteiger partial charge is 0.488 e. The second kappa shape index (κ2) is 5.36. The lowest BCUT2D eigenvalue weighted by Crippen LogP contribution is -1.97. The lowest BCUT2D eigenvalue weighted by atomic mass is 10.1. The summed E-state index contributed by atoms with van der Waals surface area (Å²) in [6, 6.07) is 6.21. The van der Waals surface area contributed by atoms with Crippen molar-refractivity contribution in [2.75, 3.05) is 0 Å². The molecule has 0 bridgehead atoms. The zero-order valence-electron chi connectivity index (χ0n) is 9.98. The molecule has 0 spiro atoms. The number of benzene rings is 1. The Bertz CT molecular complexity index is 508. The third-order valence-electron chi connectivity index (χ3n) is 2.51. The van der Waals surface area contributed by atoms with Gasteiger partial charge in [0.15, 0.2) is 0 Å². The first-order chi connectivity index (χ1) is 8.19. The maximum absolute atomic E-state index is 5.80. The van der Waals surface area contributed by atoms with Crippen LogP contribution in [0.1, 0.15) is 16.7 Å². The fourth-order valence-electron chi connectivity index (χ4n) is 1.66.